The van der Waals surface area contributed by atoms with Gasteiger partial charge in [0.1, 0.15) is 12.1 Å². The Morgan fingerprint density at radius 2 is 2.38 bits per heavy atom. The molecule has 5 nitrogen and oxygen atoms in total. The first kappa shape index (κ1) is 10.9. The molecule has 0 radical (unpaired) electrons. The minimum absolute atomic E-state index is 0.830. The van der Waals surface area contributed by atoms with Gasteiger partial charge in [0, 0.05) is 31.6 Å². The quantitative estimate of drug-likeness (QED) is 0.815. The van der Waals surface area contributed by atoms with Crippen molar-refractivity contribution in [3.05, 3.63) is 30.2 Å². The SMILES string of the molecule is CNc1ncccc1CSc1nncn1C. The predicted octanol–water partition coefficient (Wildman–Crippen LogP) is 1.54. The summed E-state index contributed by atoms with van der Waals surface area (Å²) in [7, 11) is 3.81. The molecule has 0 unspecified atom stereocenters. The van der Waals surface area contributed by atoms with Crippen LogP contribution >= 0.6 is 11.8 Å². The van der Waals surface area contributed by atoms with Crippen molar-refractivity contribution in [3.8, 4) is 0 Å². The van der Waals surface area contributed by atoms with E-state index in [1.54, 1.807) is 24.3 Å². The molecule has 0 saturated heterocycles. The highest BCUT2D eigenvalue weighted by Gasteiger charge is 2.05. The fourth-order valence-electron chi connectivity index (χ4n) is 1.33. The number of rotatable bonds is 4. The first-order valence-corrected chi connectivity index (χ1v) is 5.88. The van der Waals surface area contributed by atoms with E-state index in [9.17, 15) is 0 Å². The first-order chi connectivity index (χ1) is 7.81. The van der Waals surface area contributed by atoms with Crippen molar-refractivity contribution >= 4 is 17.6 Å². The highest BCUT2D eigenvalue weighted by atomic mass is 32.2. The number of aryl methyl sites for hydroxylation is 1. The molecule has 0 saturated carbocycles. The van der Waals surface area contributed by atoms with Crippen molar-refractivity contribution in [3.63, 3.8) is 0 Å². The lowest BCUT2D eigenvalue weighted by Gasteiger charge is -2.06. The molecule has 0 aromatic carbocycles. The van der Waals surface area contributed by atoms with Crippen molar-refractivity contribution < 1.29 is 0 Å². The summed E-state index contributed by atoms with van der Waals surface area (Å²) in [5.41, 5.74) is 1.16. The van der Waals surface area contributed by atoms with E-state index in [2.05, 4.69) is 26.6 Å². The number of nitrogens with zero attached hydrogens (tertiary/aromatic N) is 4. The second-order valence-corrected chi connectivity index (χ2v) is 4.22. The van der Waals surface area contributed by atoms with Crippen molar-refractivity contribution in [2.75, 3.05) is 12.4 Å². The van der Waals surface area contributed by atoms with Gasteiger partial charge in [-0.05, 0) is 6.07 Å². The molecular formula is C10H13N5S. The van der Waals surface area contributed by atoms with Crippen LogP contribution in [0.2, 0.25) is 0 Å². The van der Waals surface area contributed by atoms with Crippen molar-refractivity contribution in [1.82, 2.24) is 19.7 Å². The summed E-state index contributed by atoms with van der Waals surface area (Å²) in [6.07, 6.45) is 3.48. The molecule has 0 spiro atoms. The molecule has 6 heteroatoms. The Hall–Kier alpha value is -1.56. The van der Waals surface area contributed by atoms with Crippen LogP contribution in [-0.2, 0) is 12.8 Å². The molecule has 0 fully saturated rings. The van der Waals surface area contributed by atoms with Gasteiger partial charge in [-0.25, -0.2) is 4.98 Å². The van der Waals surface area contributed by atoms with E-state index >= 15 is 0 Å². The number of thioether (sulfide) groups is 1. The Bertz CT molecular complexity index is 468. The Morgan fingerprint density at radius 3 is 3.06 bits per heavy atom. The third-order valence-electron chi connectivity index (χ3n) is 2.15. The summed E-state index contributed by atoms with van der Waals surface area (Å²) < 4.78 is 1.90. The summed E-state index contributed by atoms with van der Waals surface area (Å²) in [5, 5.41) is 11.8. The molecule has 0 aliphatic rings. The van der Waals surface area contributed by atoms with Crippen molar-refractivity contribution in [1.29, 1.82) is 0 Å². The van der Waals surface area contributed by atoms with Crippen LogP contribution in [0.1, 0.15) is 5.56 Å². The lowest BCUT2D eigenvalue weighted by molar-refractivity contribution is 0.788. The lowest BCUT2D eigenvalue weighted by Crippen LogP contribution is -1.97. The predicted molar refractivity (Wildman–Crippen MR) is 64.3 cm³/mol. The standard InChI is InChI=1S/C10H13N5S/c1-11-9-8(4-3-5-12-9)6-16-10-14-13-7-15(10)2/h3-5,7H,6H2,1-2H3,(H,11,12). The number of hydrogen-bond acceptors (Lipinski definition) is 5. The molecule has 16 heavy (non-hydrogen) atoms. The highest BCUT2D eigenvalue weighted by Crippen LogP contribution is 2.23. The Kier molecular flexibility index (Phi) is 3.40. The van der Waals surface area contributed by atoms with Crippen molar-refractivity contribution in [2.45, 2.75) is 10.9 Å². The molecule has 0 bridgehead atoms. The second-order valence-electron chi connectivity index (χ2n) is 3.27. The summed E-state index contributed by atoms with van der Waals surface area (Å²) in [4.78, 5) is 4.25. The molecule has 0 amide bonds. The van der Waals surface area contributed by atoms with Gasteiger partial charge in [-0.15, -0.1) is 10.2 Å². The van der Waals surface area contributed by atoms with Gasteiger partial charge in [0.15, 0.2) is 5.16 Å². The van der Waals surface area contributed by atoms with Crippen LogP contribution in [-0.4, -0.2) is 26.8 Å². The van der Waals surface area contributed by atoms with Crippen LogP contribution in [0.3, 0.4) is 0 Å². The molecule has 0 aliphatic heterocycles. The number of aromatic nitrogens is 4. The van der Waals surface area contributed by atoms with Gasteiger partial charge in [0.25, 0.3) is 0 Å². The van der Waals surface area contributed by atoms with E-state index < -0.39 is 0 Å². The molecule has 1 N–H and O–H groups in total. The Labute approximate surface area is 98.3 Å². The van der Waals surface area contributed by atoms with E-state index in [-0.39, 0.29) is 0 Å². The van der Waals surface area contributed by atoms with Crippen LogP contribution in [0.5, 0.6) is 0 Å². The zero-order valence-electron chi connectivity index (χ0n) is 9.21. The summed E-state index contributed by atoms with van der Waals surface area (Å²) in [6, 6.07) is 4.00. The third-order valence-corrected chi connectivity index (χ3v) is 3.24. The van der Waals surface area contributed by atoms with Gasteiger partial charge < -0.3 is 9.88 Å². The topological polar surface area (TPSA) is 55.6 Å². The van der Waals surface area contributed by atoms with E-state index in [1.807, 2.05) is 24.7 Å². The zero-order valence-corrected chi connectivity index (χ0v) is 10.0. The van der Waals surface area contributed by atoms with Gasteiger partial charge in [-0.2, -0.15) is 0 Å². The zero-order chi connectivity index (χ0) is 11.4. The molecule has 2 aromatic rings. The summed E-state index contributed by atoms with van der Waals surface area (Å²) >= 11 is 1.65. The Balaban J connectivity index is 2.07. The highest BCUT2D eigenvalue weighted by molar-refractivity contribution is 7.98. The number of pyridine rings is 1. The van der Waals surface area contributed by atoms with Gasteiger partial charge in [-0.3, -0.25) is 0 Å². The van der Waals surface area contributed by atoms with Crippen LogP contribution in [0, 0.1) is 0 Å². The average molecular weight is 235 g/mol. The van der Waals surface area contributed by atoms with Crippen molar-refractivity contribution in [2.24, 2.45) is 7.05 Å². The van der Waals surface area contributed by atoms with Gasteiger partial charge in [0.2, 0.25) is 0 Å². The van der Waals surface area contributed by atoms with Gasteiger partial charge in [0.05, 0.1) is 0 Å². The fraction of sp³-hybridized carbons (Fsp3) is 0.300. The minimum Gasteiger partial charge on any atom is -0.373 e. The smallest absolute Gasteiger partial charge is 0.191 e. The molecule has 0 aliphatic carbocycles. The third kappa shape index (κ3) is 2.33. The monoisotopic (exact) mass is 235 g/mol. The maximum Gasteiger partial charge on any atom is 0.191 e. The lowest BCUT2D eigenvalue weighted by atomic mass is 10.3. The molecule has 84 valence electrons. The molecular weight excluding hydrogens is 222 g/mol. The maximum atomic E-state index is 4.25. The van der Waals surface area contributed by atoms with Crippen LogP contribution < -0.4 is 5.32 Å². The summed E-state index contributed by atoms with van der Waals surface area (Å²) in [5.74, 6) is 1.74. The fourth-order valence-corrected chi connectivity index (χ4v) is 2.20. The molecule has 2 rings (SSSR count). The normalized spacial score (nSPS) is 10.4. The molecule has 2 heterocycles. The number of nitrogens with one attached hydrogen (secondary N) is 1. The average Bonchev–Trinajstić information content (AvgIpc) is 2.72. The van der Waals surface area contributed by atoms with Crippen LogP contribution in [0.15, 0.2) is 29.8 Å². The number of hydrogen-bond donors (Lipinski definition) is 1. The Morgan fingerprint density at radius 1 is 1.50 bits per heavy atom. The first-order valence-electron chi connectivity index (χ1n) is 4.89. The van der Waals surface area contributed by atoms with Crippen LogP contribution in [0.4, 0.5) is 5.82 Å². The van der Waals surface area contributed by atoms with Gasteiger partial charge in [-0.1, -0.05) is 17.8 Å². The number of anilines is 1. The summed E-state index contributed by atoms with van der Waals surface area (Å²) in [6.45, 7) is 0. The largest absolute Gasteiger partial charge is 0.373 e. The van der Waals surface area contributed by atoms with Gasteiger partial charge >= 0.3 is 0 Å². The second kappa shape index (κ2) is 4.98. The van der Waals surface area contributed by atoms with E-state index in [0.29, 0.717) is 0 Å². The molecule has 2 aromatic heterocycles. The maximum absolute atomic E-state index is 4.25. The van der Waals surface area contributed by atoms with E-state index in [4.69, 9.17) is 0 Å². The van der Waals surface area contributed by atoms with E-state index in [0.717, 1.165) is 22.3 Å². The minimum atomic E-state index is 0.830. The van der Waals surface area contributed by atoms with Crippen LogP contribution in [0.25, 0.3) is 0 Å². The molecule has 0 atom stereocenters. The van der Waals surface area contributed by atoms with E-state index in [1.165, 1.54) is 0 Å².